The summed E-state index contributed by atoms with van der Waals surface area (Å²) in [6.07, 6.45) is 6.99. The zero-order valence-corrected chi connectivity index (χ0v) is 8.18. The van der Waals surface area contributed by atoms with Gasteiger partial charge >= 0.3 is 0 Å². The smallest absolute Gasteiger partial charge is 0.152 e. The lowest BCUT2D eigenvalue weighted by atomic mass is 10.2. The maximum absolute atomic E-state index is 10.3. The molecule has 0 amide bonds. The Kier molecular flexibility index (Phi) is 14.4. The third kappa shape index (κ3) is 17.7. The lowest BCUT2D eigenvalue weighted by Gasteiger charge is -1.85. The van der Waals surface area contributed by atoms with Gasteiger partial charge in [0.15, 0.2) is 5.78 Å². The van der Waals surface area contributed by atoms with Crippen LogP contribution in [-0.2, 0) is 4.79 Å². The number of hydrogen-bond acceptors (Lipinski definition) is 1. The van der Waals surface area contributed by atoms with E-state index in [0.717, 1.165) is 6.42 Å². The van der Waals surface area contributed by atoms with Crippen molar-refractivity contribution in [2.24, 2.45) is 0 Å². The Bertz CT molecular complexity index is 103. The van der Waals surface area contributed by atoms with Gasteiger partial charge in [0.2, 0.25) is 0 Å². The number of carbonyl (C=O) groups excluding carboxylic acids is 1. The minimum atomic E-state index is 0.145. The molecule has 0 aromatic heterocycles. The molecule has 0 heterocycles. The summed E-state index contributed by atoms with van der Waals surface area (Å²) in [5, 5.41) is 0. The molecule has 0 spiro atoms. The van der Waals surface area contributed by atoms with Crippen LogP contribution in [0.4, 0.5) is 0 Å². The van der Waals surface area contributed by atoms with Crippen molar-refractivity contribution < 1.29 is 4.79 Å². The van der Waals surface area contributed by atoms with Gasteiger partial charge in [-0.25, -0.2) is 0 Å². The molecule has 1 heteroatoms. The van der Waals surface area contributed by atoms with Crippen LogP contribution >= 0.6 is 0 Å². The van der Waals surface area contributed by atoms with Crippen molar-refractivity contribution >= 4 is 5.78 Å². The fraction of sp³-hybridized carbons (Fsp3) is 0.700. The van der Waals surface area contributed by atoms with Crippen molar-refractivity contribution in [3.8, 4) is 0 Å². The third-order valence-electron chi connectivity index (χ3n) is 1.08. The fourth-order valence-electron chi connectivity index (χ4n) is 0.571. The molecule has 0 atom stereocenters. The van der Waals surface area contributed by atoms with E-state index in [9.17, 15) is 4.79 Å². The number of carbonyl (C=O) groups is 1. The first kappa shape index (κ1) is 13.0. The van der Waals surface area contributed by atoms with Crippen LogP contribution in [0.2, 0.25) is 0 Å². The molecule has 0 bridgehead atoms. The molecule has 0 radical (unpaired) electrons. The van der Waals surface area contributed by atoms with Crippen molar-refractivity contribution in [2.45, 2.75) is 47.0 Å². The van der Waals surface area contributed by atoms with Crippen molar-refractivity contribution in [1.29, 1.82) is 0 Å². The summed E-state index contributed by atoms with van der Waals surface area (Å²) < 4.78 is 0. The number of allylic oxidation sites excluding steroid dienone is 2. The summed E-state index contributed by atoms with van der Waals surface area (Å²) >= 11 is 0. The Morgan fingerprint density at radius 3 is 2.27 bits per heavy atom. The van der Waals surface area contributed by atoms with E-state index in [1.165, 1.54) is 12.8 Å². The standard InChI is InChI=1S/C8H14O.C2H6/c1-3-4-5-6-7-8(2)9;1-2/h6-7H,3-5H2,1-2H3;1-2H3/b7-6+;. The first-order valence-corrected chi connectivity index (χ1v) is 4.44. The molecule has 11 heavy (non-hydrogen) atoms. The van der Waals surface area contributed by atoms with Gasteiger partial charge in [0.1, 0.15) is 0 Å². The van der Waals surface area contributed by atoms with E-state index in [4.69, 9.17) is 0 Å². The highest BCUT2D eigenvalue weighted by molar-refractivity contribution is 5.87. The van der Waals surface area contributed by atoms with Crippen molar-refractivity contribution in [3.05, 3.63) is 12.2 Å². The van der Waals surface area contributed by atoms with Crippen LogP contribution in [0.5, 0.6) is 0 Å². The zero-order chi connectivity index (χ0) is 9.11. The van der Waals surface area contributed by atoms with Crippen LogP contribution < -0.4 is 0 Å². The molecule has 0 aliphatic heterocycles. The van der Waals surface area contributed by atoms with Crippen molar-refractivity contribution in [1.82, 2.24) is 0 Å². The molecule has 0 aliphatic rings. The molecule has 0 saturated heterocycles. The minimum absolute atomic E-state index is 0.145. The molecule has 0 unspecified atom stereocenters. The lowest BCUT2D eigenvalue weighted by molar-refractivity contribution is -0.112. The van der Waals surface area contributed by atoms with E-state index in [1.54, 1.807) is 13.0 Å². The molecule has 0 saturated carbocycles. The van der Waals surface area contributed by atoms with E-state index in [1.807, 2.05) is 19.9 Å². The molecular formula is C10H20O. The number of unbranched alkanes of at least 4 members (excludes halogenated alkanes) is 2. The lowest BCUT2D eigenvalue weighted by Crippen LogP contribution is -1.79. The highest BCUT2D eigenvalue weighted by Crippen LogP contribution is 1.94. The largest absolute Gasteiger partial charge is 0.295 e. The van der Waals surface area contributed by atoms with Gasteiger partial charge in [-0.3, -0.25) is 4.79 Å². The van der Waals surface area contributed by atoms with Gasteiger partial charge in [0, 0.05) is 0 Å². The second-order valence-corrected chi connectivity index (χ2v) is 2.16. The Morgan fingerprint density at radius 2 is 1.91 bits per heavy atom. The summed E-state index contributed by atoms with van der Waals surface area (Å²) in [4.78, 5) is 10.3. The van der Waals surface area contributed by atoms with E-state index < -0.39 is 0 Å². The fourth-order valence-corrected chi connectivity index (χ4v) is 0.571. The highest BCUT2D eigenvalue weighted by atomic mass is 16.1. The van der Waals surface area contributed by atoms with Gasteiger partial charge in [-0.2, -0.15) is 0 Å². The first-order chi connectivity index (χ1) is 5.27. The van der Waals surface area contributed by atoms with Gasteiger partial charge in [-0.05, 0) is 19.4 Å². The van der Waals surface area contributed by atoms with Gasteiger partial charge in [0.05, 0.1) is 0 Å². The normalized spacial score (nSPS) is 9.09. The van der Waals surface area contributed by atoms with Crippen LogP contribution in [0.1, 0.15) is 47.0 Å². The molecule has 0 rings (SSSR count). The Morgan fingerprint density at radius 1 is 1.36 bits per heavy atom. The molecule has 0 aromatic rings. The maximum atomic E-state index is 10.3. The molecule has 0 N–H and O–H groups in total. The van der Waals surface area contributed by atoms with Gasteiger partial charge in [-0.15, -0.1) is 0 Å². The SMILES string of the molecule is CC.CCCC/C=C/C(C)=O. The number of hydrogen-bond donors (Lipinski definition) is 0. The van der Waals surface area contributed by atoms with Crippen LogP contribution in [0.15, 0.2) is 12.2 Å². The van der Waals surface area contributed by atoms with E-state index in [-0.39, 0.29) is 5.78 Å². The molecule has 0 aromatic carbocycles. The van der Waals surface area contributed by atoms with Crippen LogP contribution in [0.3, 0.4) is 0 Å². The Labute approximate surface area is 70.5 Å². The number of ketones is 1. The third-order valence-corrected chi connectivity index (χ3v) is 1.08. The molecule has 66 valence electrons. The van der Waals surface area contributed by atoms with Crippen LogP contribution in [0.25, 0.3) is 0 Å². The van der Waals surface area contributed by atoms with Crippen molar-refractivity contribution in [2.75, 3.05) is 0 Å². The van der Waals surface area contributed by atoms with Crippen LogP contribution in [0, 0.1) is 0 Å². The second kappa shape index (κ2) is 12.1. The minimum Gasteiger partial charge on any atom is -0.295 e. The average molecular weight is 156 g/mol. The highest BCUT2D eigenvalue weighted by Gasteiger charge is 1.80. The van der Waals surface area contributed by atoms with E-state index >= 15 is 0 Å². The molecule has 1 nitrogen and oxygen atoms in total. The van der Waals surface area contributed by atoms with Gasteiger partial charge < -0.3 is 0 Å². The quantitative estimate of drug-likeness (QED) is 0.450. The topological polar surface area (TPSA) is 17.1 Å². The summed E-state index contributed by atoms with van der Waals surface area (Å²) in [5.41, 5.74) is 0. The average Bonchev–Trinajstić information content (AvgIpc) is 2.02. The van der Waals surface area contributed by atoms with Gasteiger partial charge in [0.25, 0.3) is 0 Å². The predicted octanol–water partition coefficient (Wildman–Crippen LogP) is 3.35. The summed E-state index contributed by atoms with van der Waals surface area (Å²) in [5.74, 6) is 0.145. The molecular weight excluding hydrogens is 136 g/mol. The zero-order valence-electron chi connectivity index (χ0n) is 8.18. The second-order valence-electron chi connectivity index (χ2n) is 2.16. The summed E-state index contributed by atoms with van der Waals surface area (Å²) in [7, 11) is 0. The molecule has 0 aliphatic carbocycles. The Hall–Kier alpha value is -0.590. The predicted molar refractivity (Wildman–Crippen MR) is 50.7 cm³/mol. The van der Waals surface area contributed by atoms with Crippen molar-refractivity contribution in [3.63, 3.8) is 0 Å². The van der Waals surface area contributed by atoms with Gasteiger partial charge in [-0.1, -0.05) is 39.7 Å². The number of rotatable bonds is 4. The first-order valence-electron chi connectivity index (χ1n) is 4.44. The summed E-state index contributed by atoms with van der Waals surface area (Å²) in [6, 6.07) is 0. The monoisotopic (exact) mass is 156 g/mol. The van der Waals surface area contributed by atoms with E-state index in [2.05, 4.69) is 6.92 Å². The van der Waals surface area contributed by atoms with Crippen LogP contribution in [-0.4, -0.2) is 5.78 Å². The Balaban J connectivity index is 0. The maximum Gasteiger partial charge on any atom is 0.152 e. The van der Waals surface area contributed by atoms with E-state index in [0.29, 0.717) is 0 Å². The summed E-state index contributed by atoms with van der Waals surface area (Å²) in [6.45, 7) is 7.71. The molecule has 0 fully saturated rings.